The highest BCUT2D eigenvalue weighted by Crippen LogP contribution is 2.34. The summed E-state index contributed by atoms with van der Waals surface area (Å²) in [6.45, 7) is 1.84. The predicted molar refractivity (Wildman–Crippen MR) is 83.0 cm³/mol. The van der Waals surface area contributed by atoms with Crippen molar-refractivity contribution in [2.75, 3.05) is 7.05 Å². The van der Waals surface area contributed by atoms with E-state index in [0.29, 0.717) is 19.8 Å². The van der Waals surface area contributed by atoms with Gasteiger partial charge in [-0.25, -0.2) is 0 Å². The lowest BCUT2D eigenvalue weighted by atomic mass is 10.1. The van der Waals surface area contributed by atoms with Gasteiger partial charge in [-0.3, -0.25) is 4.79 Å². The zero-order chi connectivity index (χ0) is 14.9. The van der Waals surface area contributed by atoms with Crippen molar-refractivity contribution in [3.63, 3.8) is 0 Å². The summed E-state index contributed by atoms with van der Waals surface area (Å²) in [5.74, 6) is -0.0667. The quantitative estimate of drug-likeness (QED) is 0.894. The number of para-hydroxylation sites is 1. The lowest BCUT2D eigenvalue weighted by molar-refractivity contribution is 0.0742. The second-order valence-corrected chi connectivity index (χ2v) is 6.67. The van der Waals surface area contributed by atoms with Gasteiger partial charge >= 0.3 is 0 Å². The van der Waals surface area contributed by atoms with E-state index in [2.05, 4.69) is 0 Å². The topological polar surface area (TPSA) is 40.5 Å². The molecule has 20 heavy (non-hydrogen) atoms. The molecule has 0 saturated carbocycles. The molecule has 0 aliphatic rings. The third-order valence-corrected chi connectivity index (χ3v) is 4.66. The van der Waals surface area contributed by atoms with Crippen LogP contribution in [0.15, 0.2) is 30.3 Å². The minimum Gasteiger partial charge on any atom is -0.508 e. The van der Waals surface area contributed by atoms with Crippen molar-refractivity contribution in [3.05, 3.63) is 50.1 Å². The zero-order valence-corrected chi connectivity index (χ0v) is 13.3. The van der Waals surface area contributed by atoms with Gasteiger partial charge in [0.25, 0.3) is 5.91 Å². The van der Waals surface area contributed by atoms with Gasteiger partial charge in [-0.2, -0.15) is 0 Å². The maximum Gasteiger partial charge on any atom is 0.256 e. The Morgan fingerprint density at radius 3 is 2.55 bits per heavy atom. The highest BCUT2D eigenvalue weighted by molar-refractivity contribution is 7.20. The fourth-order valence-electron chi connectivity index (χ4n) is 1.90. The van der Waals surface area contributed by atoms with Crippen LogP contribution in [0.5, 0.6) is 5.75 Å². The summed E-state index contributed by atoms with van der Waals surface area (Å²) in [5.41, 5.74) is 1.06. The number of rotatable bonds is 3. The van der Waals surface area contributed by atoms with Gasteiger partial charge in [-0.05, 0) is 19.1 Å². The SMILES string of the molecule is CC(c1ccccc1O)N(C)C(=O)c1cc(Cl)sc1Cl. The third kappa shape index (κ3) is 2.92. The normalized spacial score (nSPS) is 12.2. The molecular weight excluding hydrogens is 317 g/mol. The van der Waals surface area contributed by atoms with Gasteiger partial charge in [0.05, 0.1) is 15.9 Å². The number of benzene rings is 1. The summed E-state index contributed by atoms with van der Waals surface area (Å²) >= 11 is 13.0. The van der Waals surface area contributed by atoms with Crippen molar-refractivity contribution >= 4 is 40.4 Å². The van der Waals surface area contributed by atoms with Gasteiger partial charge in [0.2, 0.25) is 0 Å². The Kier molecular flexibility index (Phi) is 4.58. The van der Waals surface area contributed by atoms with E-state index in [4.69, 9.17) is 23.2 Å². The molecule has 1 N–H and O–H groups in total. The number of phenols is 1. The van der Waals surface area contributed by atoms with Gasteiger partial charge in [-0.15, -0.1) is 11.3 Å². The number of carbonyl (C=O) groups is 1. The standard InChI is InChI=1S/C14H13Cl2NO2S/c1-8(9-5-3-4-6-11(9)18)17(2)14(19)10-7-12(15)20-13(10)16/h3-8,18H,1-2H3. The summed E-state index contributed by atoms with van der Waals surface area (Å²) in [4.78, 5) is 13.9. The van der Waals surface area contributed by atoms with Gasteiger partial charge < -0.3 is 10.0 Å². The molecule has 1 aromatic heterocycles. The number of nitrogens with zero attached hydrogens (tertiary/aromatic N) is 1. The van der Waals surface area contributed by atoms with E-state index in [9.17, 15) is 9.90 Å². The molecule has 2 rings (SSSR count). The van der Waals surface area contributed by atoms with Crippen LogP contribution in [-0.4, -0.2) is 23.0 Å². The van der Waals surface area contributed by atoms with Crippen LogP contribution in [0.2, 0.25) is 8.67 Å². The molecule has 1 atom stereocenters. The van der Waals surface area contributed by atoms with E-state index in [1.807, 2.05) is 13.0 Å². The molecular formula is C14H13Cl2NO2S. The Bertz CT molecular complexity index is 642. The summed E-state index contributed by atoms with van der Waals surface area (Å²) in [5, 5.41) is 9.86. The van der Waals surface area contributed by atoms with Gasteiger partial charge in [-0.1, -0.05) is 41.4 Å². The number of halogens is 2. The number of thiophene rings is 1. The summed E-state index contributed by atoms with van der Waals surface area (Å²) in [6, 6.07) is 8.22. The summed E-state index contributed by atoms with van der Waals surface area (Å²) < 4.78 is 0.846. The van der Waals surface area contributed by atoms with Crippen molar-refractivity contribution in [1.82, 2.24) is 4.90 Å². The van der Waals surface area contributed by atoms with Gasteiger partial charge in [0, 0.05) is 12.6 Å². The van der Waals surface area contributed by atoms with Crippen molar-refractivity contribution in [1.29, 1.82) is 0 Å². The largest absolute Gasteiger partial charge is 0.508 e. The number of phenolic OH excluding ortho intramolecular Hbond substituents is 1. The number of hydrogen-bond acceptors (Lipinski definition) is 3. The first-order valence-corrected chi connectivity index (χ1v) is 7.49. The number of carbonyl (C=O) groups excluding carboxylic acids is 1. The molecule has 0 fully saturated rings. The first-order valence-electron chi connectivity index (χ1n) is 5.91. The van der Waals surface area contributed by atoms with Gasteiger partial charge in [0.15, 0.2) is 0 Å². The average Bonchev–Trinajstić information content (AvgIpc) is 2.76. The highest BCUT2D eigenvalue weighted by Gasteiger charge is 2.23. The second kappa shape index (κ2) is 6.04. The molecule has 1 heterocycles. The molecule has 0 aliphatic carbocycles. The minimum atomic E-state index is -0.279. The molecule has 0 radical (unpaired) electrons. The van der Waals surface area contributed by atoms with Crippen molar-refractivity contribution in [2.24, 2.45) is 0 Å². The van der Waals surface area contributed by atoms with Crippen LogP contribution < -0.4 is 0 Å². The van der Waals surface area contributed by atoms with E-state index < -0.39 is 0 Å². The lowest BCUT2D eigenvalue weighted by Crippen LogP contribution is -2.29. The van der Waals surface area contributed by atoms with Crippen LogP contribution in [0.1, 0.15) is 28.9 Å². The zero-order valence-electron chi connectivity index (χ0n) is 10.9. The maximum atomic E-state index is 12.4. The predicted octanol–water partition coefficient (Wildman–Crippen LogP) is 4.59. The maximum absolute atomic E-state index is 12.4. The molecule has 3 nitrogen and oxygen atoms in total. The van der Waals surface area contributed by atoms with Crippen molar-refractivity contribution in [3.8, 4) is 5.75 Å². The summed E-state index contributed by atoms with van der Waals surface area (Å²) in [6.07, 6.45) is 0. The van der Waals surface area contributed by atoms with Crippen LogP contribution in [0.3, 0.4) is 0 Å². The Morgan fingerprint density at radius 1 is 1.35 bits per heavy atom. The molecule has 0 saturated heterocycles. The summed E-state index contributed by atoms with van der Waals surface area (Å²) in [7, 11) is 1.67. The lowest BCUT2D eigenvalue weighted by Gasteiger charge is -2.25. The molecule has 0 spiro atoms. The molecule has 0 aliphatic heterocycles. The molecule has 106 valence electrons. The Morgan fingerprint density at radius 2 is 2.00 bits per heavy atom. The highest BCUT2D eigenvalue weighted by atomic mass is 35.5. The fourth-order valence-corrected chi connectivity index (χ4v) is 3.35. The molecule has 2 aromatic rings. The molecule has 1 unspecified atom stereocenters. The van der Waals surface area contributed by atoms with Crippen LogP contribution in [-0.2, 0) is 0 Å². The monoisotopic (exact) mass is 329 g/mol. The van der Waals surface area contributed by atoms with Crippen molar-refractivity contribution < 1.29 is 9.90 Å². The average molecular weight is 330 g/mol. The molecule has 1 amide bonds. The van der Waals surface area contributed by atoms with Crippen LogP contribution >= 0.6 is 34.5 Å². The van der Waals surface area contributed by atoms with E-state index in [1.165, 1.54) is 4.90 Å². The Hall–Kier alpha value is -1.23. The van der Waals surface area contributed by atoms with Crippen LogP contribution in [0.25, 0.3) is 0 Å². The number of amides is 1. The first-order chi connectivity index (χ1) is 9.41. The minimum absolute atomic E-state index is 0.161. The van der Waals surface area contributed by atoms with Crippen molar-refractivity contribution in [2.45, 2.75) is 13.0 Å². The third-order valence-electron chi connectivity index (χ3n) is 3.18. The van der Waals surface area contributed by atoms with E-state index in [0.717, 1.165) is 11.3 Å². The van der Waals surface area contributed by atoms with E-state index in [-0.39, 0.29) is 17.7 Å². The smallest absolute Gasteiger partial charge is 0.256 e. The molecule has 0 bridgehead atoms. The number of aromatic hydroxyl groups is 1. The van der Waals surface area contributed by atoms with Crippen LogP contribution in [0, 0.1) is 0 Å². The molecule has 6 heteroatoms. The van der Waals surface area contributed by atoms with Crippen LogP contribution in [0.4, 0.5) is 0 Å². The number of hydrogen-bond donors (Lipinski definition) is 1. The van der Waals surface area contributed by atoms with E-state index >= 15 is 0 Å². The van der Waals surface area contributed by atoms with Gasteiger partial charge in [0.1, 0.15) is 10.1 Å². The second-order valence-electron chi connectivity index (χ2n) is 4.39. The molecule has 1 aromatic carbocycles. The first kappa shape index (κ1) is 15.2. The fraction of sp³-hybridized carbons (Fsp3) is 0.214. The van der Waals surface area contributed by atoms with E-state index in [1.54, 1.807) is 31.3 Å². The Labute approximate surface area is 131 Å². The Balaban J connectivity index is 2.27.